The van der Waals surface area contributed by atoms with Crippen molar-refractivity contribution in [2.24, 2.45) is 0 Å². The minimum Gasteiger partial charge on any atom is -0.497 e. The van der Waals surface area contributed by atoms with Crippen LogP contribution in [0.25, 0.3) is 27.7 Å². The van der Waals surface area contributed by atoms with Crippen LogP contribution in [0.15, 0.2) is 71.8 Å². The number of pyridine rings is 1. The topological polar surface area (TPSA) is 61.4 Å². The van der Waals surface area contributed by atoms with Gasteiger partial charge in [0.15, 0.2) is 5.65 Å². The van der Waals surface area contributed by atoms with Crippen LogP contribution in [0.1, 0.15) is 18.2 Å². The average molecular weight is 459 g/mol. The second-order valence-electron chi connectivity index (χ2n) is 7.89. The van der Waals surface area contributed by atoms with Gasteiger partial charge in [0.2, 0.25) is 0 Å². The Morgan fingerprint density at radius 2 is 1.79 bits per heavy atom. The number of benzene rings is 2. The molecule has 7 heteroatoms. The van der Waals surface area contributed by atoms with Gasteiger partial charge in [-0.2, -0.15) is 5.10 Å². The Bertz CT molecular complexity index is 1500. The van der Waals surface area contributed by atoms with Gasteiger partial charge in [-0.05, 0) is 54.3 Å². The molecule has 0 N–H and O–H groups in total. The van der Waals surface area contributed by atoms with E-state index in [0.29, 0.717) is 17.0 Å². The molecule has 5 rings (SSSR count). The molecule has 0 radical (unpaired) electrons. The second-order valence-corrected chi connectivity index (χ2v) is 8.32. The second kappa shape index (κ2) is 8.71. The van der Waals surface area contributed by atoms with Gasteiger partial charge in [0.25, 0.3) is 5.56 Å². The zero-order chi connectivity index (χ0) is 22.9. The number of fused-ring (bicyclic) bond motifs is 3. The first kappa shape index (κ1) is 21.2. The fourth-order valence-corrected chi connectivity index (χ4v) is 4.26. The standard InChI is InChI=1S/C26H23ClN4O2/c1-3-22-24(18-6-8-19(27)9-7-18)25-28-16-21-23(31(25)29-22)13-15-30(26(21)32)14-12-17-4-10-20(33-2)11-5-17/h4-11,13,15-16H,3,12,14H2,1-2H3. The highest BCUT2D eigenvalue weighted by molar-refractivity contribution is 6.30. The van der Waals surface area contributed by atoms with Crippen molar-refractivity contribution in [1.29, 1.82) is 0 Å². The number of hydrogen-bond acceptors (Lipinski definition) is 4. The summed E-state index contributed by atoms with van der Waals surface area (Å²) in [6, 6.07) is 17.5. The molecule has 0 fully saturated rings. The highest BCUT2D eigenvalue weighted by Crippen LogP contribution is 2.30. The average Bonchev–Trinajstić information content (AvgIpc) is 3.23. The van der Waals surface area contributed by atoms with Crippen LogP contribution in [-0.2, 0) is 19.4 Å². The van der Waals surface area contributed by atoms with Crippen molar-refractivity contribution in [3.05, 3.63) is 93.6 Å². The maximum absolute atomic E-state index is 13.2. The monoisotopic (exact) mass is 458 g/mol. The molecule has 0 bridgehead atoms. The summed E-state index contributed by atoms with van der Waals surface area (Å²) in [5, 5.41) is 6.03. The van der Waals surface area contributed by atoms with Crippen LogP contribution in [0.3, 0.4) is 0 Å². The smallest absolute Gasteiger partial charge is 0.261 e. The van der Waals surface area contributed by atoms with Gasteiger partial charge in [-0.15, -0.1) is 0 Å². The van der Waals surface area contributed by atoms with E-state index in [-0.39, 0.29) is 5.56 Å². The van der Waals surface area contributed by atoms with Crippen molar-refractivity contribution in [2.75, 3.05) is 7.11 Å². The molecule has 166 valence electrons. The van der Waals surface area contributed by atoms with E-state index >= 15 is 0 Å². The molecular formula is C26H23ClN4O2. The summed E-state index contributed by atoms with van der Waals surface area (Å²) in [6.45, 7) is 2.64. The van der Waals surface area contributed by atoms with Crippen molar-refractivity contribution < 1.29 is 4.74 Å². The van der Waals surface area contributed by atoms with Crippen molar-refractivity contribution in [3.63, 3.8) is 0 Å². The first-order chi connectivity index (χ1) is 16.1. The fraction of sp³-hybridized carbons (Fsp3) is 0.192. The third-order valence-electron chi connectivity index (χ3n) is 5.93. The van der Waals surface area contributed by atoms with Crippen LogP contribution in [-0.4, -0.2) is 26.3 Å². The van der Waals surface area contributed by atoms with E-state index in [9.17, 15) is 4.79 Å². The zero-order valence-corrected chi connectivity index (χ0v) is 19.2. The lowest BCUT2D eigenvalue weighted by Gasteiger charge is -2.09. The molecule has 0 unspecified atom stereocenters. The molecule has 0 amide bonds. The van der Waals surface area contributed by atoms with Gasteiger partial charge in [0, 0.05) is 29.5 Å². The number of nitrogens with zero attached hydrogens (tertiary/aromatic N) is 4. The molecule has 0 aliphatic heterocycles. The lowest BCUT2D eigenvalue weighted by molar-refractivity contribution is 0.414. The number of hydrogen-bond donors (Lipinski definition) is 0. The van der Waals surface area contributed by atoms with Gasteiger partial charge in [-0.3, -0.25) is 4.79 Å². The quantitative estimate of drug-likeness (QED) is 0.352. The van der Waals surface area contributed by atoms with Crippen LogP contribution in [0, 0.1) is 0 Å². The lowest BCUT2D eigenvalue weighted by Crippen LogP contribution is -2.21. The number of ether oxygens (including phenoxy) is 1. The Morgan fingerprint density at radius 3 is 2.48 bits per heavy atom. The molecule has 0 aliphatic rings. The number of halogens is 1. The van der Waals surface area contributed by atoms with Crippen LogP contribution < -0.4 is 10.3 Å². The Kier molecular flexibility index (Phi) is 5.60. The Balaban J connectivity index is 1.54. The number of aromatic nitrogens is 4. The molecule has 3 aromatic heterocycles. The predicted molar refractivity (Wildman–Crippen MR) is 131 cm³/mol. The van der Waals surface area contributed by atoms with Gasteiger partial charge >= 0.3 is 0 Å². The Labute approximate surface area is 196 Å². The summed E-state index contributed by atoms with van der Waals surface area (Å²) in [5.74, 6) is 0.820. The van der Waals surface area contributed by atoms with E-state index in [2.05, 4.69) is 11.9 Å². The van der Waals surface area contributed by atoms with E-state index < -0.39 is 0 Å². The van der Waals surface area contributed by atoms with Crippen LogP contribution in [0.5, 0.6) is 5.75 Å². The SMILES string of the molecule is CCc1nn2c(ncc3c(=O)n(CCc4ccc(OC)cc4)ccc32)c1-c1ccc(Cl)cc1. The van der Waals surface area contributed by atoms with Gasteiger partial charge in [0.05, 0.1) is 23.7 Å². The summed E-state index contributed by atoms with van der Waals surface area (Å²) in [5.41, 5.74) is 5.46. The highest BCUT2D eigenvalue weighted by Gasteiger charge is 2.17. The lowest BCUT2D eigenvalue weighted by atomic mass is 10.0. The zero-order valence-electron chi connectivity index (χ0n) is 18.5. The molecule has 0 spiro atoms. The van der Waals surface area contributed by atoms with E-state index in [4.69, 9.17) is 21.4 Å². The van der Waals surface area contributed by atoms with Crippen molar-refractivity contribution in [2.45, 2.75) is 26.3 Å². The molecule has 33 heavy (non-hydrogen) atoms. The van der Waals surface area contributed by atoms with Crippen LogP contribution in [0.2, 0.25) is 5.02 Å². The van der Waals surface area contributed by atoms with Gasteiger partial charge < -0.3 is 9.30 Å². The first-order valence-corrected chi connectivity index (χ1v) is 11.3. The molecule has 5 aromatic rings. The normalized spacial score (nSPS) is 11.4. The molecule has 0 saturated heterocycles. The van der Waals surface area contributed by atoms with Crippen LogP contribution in [0.4, 0.5) is 0 Å². The number of rotatable bonds is 6. The van der Waals surface area contributed by atoms with Crippen LogP contribution >= 0.6 is 11.6 Å². The number of aryl methyl sites for hydroxylation is 3. The molecule has 6 nitrogen and oxygen atoms in total. The van der Waals surface area contributed by atoms with E-state index in [1.54, 1.807) is 22.4 Å². The Morgan fingerprint density at radius 1 is 1.03 bits per heavy atom. The largest absolute Gasteiger partial charge is 0.497 e. The highest BCUT2D eigenvalue weighted by atomic mass is 35.5. The minimum atomic E-state index is -0.0722. The molecule has 2 aromatic carbocycles. The van der Waals surface area contributed by atoms with Gasteiger partial charge in [-0.1, -0.05) is 42.8 Å². The molecular weight excluding hydrogens is 436 g/mol. The maximum atomic E-state index is 13.2. The predicted octanol–water partition coefficient (Wildman–Crippen LogP) is 5.18. The minimum absolute atomic E-state index is 0.0722. The summed E-state index contributed by atoms with van der Waals surface area (Å²) < 4.78 is 8.72. The summed E-state index contributed by atoms with van der Waals surface area (Å²) in [4.78, 5) is 17.9. The fourth-order valence-electron chi connectivity index (χ4n) is 4.13. The van der Waals surface area contributed by atoms with Crippen molar-refractivity contribution >= 4 is 28.2 Å². The third kappa shape index (κ3) is 3.87. The van der Waals surface area contributed by atoms with Crippen molar-refractivity contribution in [3.8, 4) is 16.9 Å². The van der Waals surface area contributed by atoms with Gasteiger partial charge in [0.1, 0.15) is 5.75 Å². The molecule has 0 atom stereocenters. The summed E-state index contributed by atoms with van der Waals surface area (Å²) in [6.07, 6.45) is 5.00. The maximum Gasteiger partial charge on any atom is 0.261 e. The summed E-state index contributed by atoms with van der Waals surface area (Å²) >= 11 is 6.07. The van der Waals surface area contributed by atoms with E-state index in [0.717, 1.165) is 52.1 Å². The molecule has 3 heterocycles. The summed E-state index contributed by atoms with van der Waals surface area (Å²) in [7, 11) is 1.65. The van der Waals surface area contributed by atoms with E-state index in [1.807, 2.05) is 60.8 Å². The number of methoxy groups -OCH3 is 1. The molecule has 0 aliphatic carbocycles. The Hall–Kier alpha value is -3.64. The van der Waals surface area contributed by atoms with E-state index in [1.165, 1.54) is 0 Å². The third-order valence-corrected chi connectivity index (χ3v) is 6.18. The molecule has 0 saturated carbocycles. The van der Waals surface area contributed by atoms with Gasteiger partial charge in [-0.25, -0.2) is 9.50 Å². The van der Waals surface area contributed by atoms with Crippen molar-refractivity contribution in [1.82, 2.24) is 19.2 Å². The first-order valence-electron chi connectivity index (χ1n) is 10.9.